The van der Waals surface area contributed by atoms with Crippen LogP contribution >= 0.6 is 0 Å². The number of hydrogen-bond donors (Lipinski definition) is 2. The summed E-state index contributed by atoms with van der Waals surface area (Å²) in [4.78, 5) is -0.765. The van der Waals surface area contributed by atoms with E-state index in [4.69, 9.17) is 5.73 Å². The highest BCUT2D eigenvalue weighted by Crippen LogP contribution is 2.30. The molecule has 0 bridgehead atoms. The second-order valence-electron chi connectivity index (χ2n) is 4.69. The fourth-order valence-electron chi connectivity index (χ4n) is 1.80. The van der Waals surface area contributed by atoms with E-state index in [0.717, 1.165) is 31.4 Å². The maximum Gasteiger partial charge on any atom is 0.501 e. The van der Waals surface area contributed by atoms with Crippen molar-refractivity contribution < 1.29 is 21.6 Å². The monoisotopic (exact) mass is 324 g/mol. The first-order valence-electron chi connectivity index (χ1n) is 6.60. The van der Waals surface area contributed by atoms with Gasteiger partial charge in [-0.05, 0) is 30.7 Å². The molecule has 3 N–H and O–H groups in total. The van der Waals surface area contributed by atoms with Gasteiger partial charge in [0, 0.05) is 18.3 Å². The van der Waals surface area contributed by atoms with Crippen molar-refractivity contribution in [1.29, 1.82) is 0 Å². The minimum absolute atomic E-state index is 0.00928. The van der Waals surface area contributed by atoms with Crippen molar-refractivity contribution in [2.45, 2.75) is 42.6 Å². The van der Waals surface area contributed by atoms with Crippen LogP contribution in [-0.2, 0) is 9.84 Å². The van der Waals surface area contributed by atoms with Gasteiger partial charge in [-0.1, -0.05) is 19.8 Å². The molecule has 0 saturated carbocycles. The molecule has 1 aromatic rings. The lowest BCUT2D eigenvalue weighted by molar-refractivity contribution is -0.0436. The van der Waals surface area contributed by atoms with Crippen LogP contribution in [0.1, 0.15) is 26.2 Å². The molecule has 21 heavy (non-hydrogen) atoms. The van der Waals surface area contributed by atoms with E-state index in [1.54, 1.807) is 0 Å². The van der Waals surface area contributed by atoms with Crippen molar-refractivity contribution in [1.82, 2.24) is 0 Å². The normalized spacial score (nSPS) is 14.0. The van der Waals surface area contributed by atoms with Gasteiger partial charge in [0.1, 0.15) is 0 Å². The molecule has 0 aliphatic rings. The van der Waals surface area contributed by atoms with Crippen LogP contribution in [0, 0.1) is 0 Å². The third kappa shape index (κ3) is 4.60. The minimum Gasteiger partial charge on any atom is -0.381 e. The van der Waals surface area contributed by atoms with Crippen molar-refractivity contribution >= 4 is 15.5 Å². The van der Waals surface area contributed by atoms with E-state index in [0.29, 0.717) is 12.2 Å². The predicted octanol–water partition coefficient (Wildman–Crippen LogP) is 2.91. The van der Waals surface area contributed by atoms with Crippen molar-refractivity contribution in [2.24, 2.45) is 5.73 Å². The zero-order valence-corrected chi connectivity index (χ0v) is 12.5. The third-order valence-electron chi connectivity index (χ3n) is 3.03. The van der Waals surface area contributed by atoms with Crippen molar-refractivity contribution in [3.05, 3.63) is 24.3 Å². The Morgan fingerprint density at radius 2 is 1.81 bits per heavy atom. The standard InChI is InChI=1S/C13H19F3N2O2S/c1-2-3-4-11(9-17)18-10-5-7-12(8-6-10)21(19,20)13(14,15)16/h5-8,11,18H,2-4,9,17H2,1H3. The average molecular weight is 324 g/mol. The number of alkyl halides is 3. The van der Waals surface area contributed by atoms with Gasteiger partial charge in [0.05, 0.1) is 4.90 Å². The summed E-state index contributed by atoms with van der Waals surface area (Å²) in [5.41, 5.74) is 0.866. The molecule has 0 aliphatic carbocycles. The van der Waals surface area contributed by atoms with E-state index >= 15 is 0 Å². The Labute approximate surface area is 122 Å². The zero-order valence-electron chi connectivity index (χ0n) is 11.7. The molecule has 0 saturated heterocycles. The number of nitrogens with two attached hydrogens (primary N) is 1. The molecular formula is C13H19F3N2O2S. The van der Waals surface area contributed by atoms with Crippen LogP contribution in [-0.4, -0.2) is 26.5 Å². The van der Waals surface area contributed by atoms with Crippen LogP contribution in [0.25, 0.3) is 0 Å². The summed E-state index contributed by atoms with van der Waals surface area (Å²) in [6.45, 7) is 2.44. The molecule has 0 aromatic heterocycles. The lowest BCUT2D eigenvalue weighted by Crippen LogP contribution is -2.28. The lowest BCUT2D eigenvalue weighted by Gasteiger charge is -2.18. The van der Waals surface area contributed by atoms with Gasteiger partial charge >= 0.3 is 5.51 Å². The van der Waals surface area contributed by atoms with Gasteiger partial charge in [0.2, 0.25) is 0 Å². The molecule has 1 atom stereocenters. The molecule has 0 radical (unpaired) electrons. The molecule has 1 aromatic carbocycles. The fourth-order valence-corrected chi connectivity index (χ4v) is 2.56. The molecule has 120 valence electrons. The molecule has 8 heteroatoms. The van der Waals surface area contributed by atoms with Crippen LogP contribution in [0.4, 0.5) is 18.9 Å². The average Bonchev–Trinajstić information content (AvgIpc) is 2.42. The molecule has 4 nitrogen and oxygen atoms in total. The van der Waals surface area contributed by atoms with Gasteiger partial charge < -0.3 is 11.1 Å². The summed E-state index contributed by atoms with van der Waals surface area (Å²) in [5, 5.41) is 3.08. The van der Waals surface area contributed by atoms with Gasteiger partial charge in [0.15, 0.2) is 0 Å². The summed E-state index contributed by atoms with van der Waals surface area (Å²) in [6.07, 6.45) is 2.84. The fraction of sp³-hybridized carbons (Fsp3) is 0.538. The van der Waals surface area contributed by atoms with E-state index < -0.39 is 20.2 Å². The van der Waals surface area contributed by atoms with Crippen molar-refractivity contribution in [2.75, 3.05) is 11.9 Å². The van der Waals surface area contributed by atoms with Gasteiger partial charge in [0.25, 0.3) is 9.84 Å². The Balaban J connectivity index is 2.83. The first kappa shape index (κ1) is 17.8. The number of unbranched alkanes of at least 4 members (excludes halogenated alkanes) is 1. The van der Waals surface area contributed by atoms with Crippen LogP contribution in [0.2, 0.25) is 0 Å². The molecular weight excluding hydrogens is 305 g/mol. The zero-order chi connectivity index (χ0) is 16.1. The summed E-state index contributed by atoms with van der Waals surface area (Å²) in [7, 11) is -5.29. The van der Waals surface area contributed by atoms with Crippen molar-refractivity contribution in [3.8, 4) is 0 Å². The van der Waals surface area contributed by atoms with Crippen LogP contribution in [0.3, 0.4) is 0 Å². The molecule has 0 spiro atoms. The van der Waals surface area contributed by atoms with Crippen LogP contribution < -0.4 is 11.1 Å². The molecule has 0 aliphatic heterocycles. The summed E-state index contributed by atoms with van der Waals surface area (Å²) in [5.74, 6) is 0. The Morgan fingerprint density at radius 1 is 1.24 bits per heavy atom. The third-order valence-corrected chi connectivity index (χ3v) is 4.53. The summed E-state index contributed by atoms with van der Waals surface area (Å²) >= 11 is 0. The number of anilines is 1. The number of hydrogen-bond acceptors (Lipinski definition) is 4. The quantitative estimate of drug-likeness (QED) is 0.809. The second-order valence-corrected chi connectivity index (χ2v) is 6.63. The van der Waals surface area contributed by atoms with Gasteiger partial charge in [-0.3, -0.25) is 0 Å². The molecule has 0 fully saturated rings. The van der Waals surface area contributed by atoms with E-state index in [2.05, 4.69) is 5.32 Å². The van der Waals surface area contributed by atoms with Gasteiger partial charge in [-0.15, -0.1) is 0 Å². The maximum absolute atomic E-state index is 12.4. The number of halogens is 3. The first-order valence-corrected chi connectivity index (χ1v) is 8.08. The Bertz CT molecular complexity index is 542. The Kier molecular flexibility index (Phi) is 6.03. The topological polar surface area (TPSA) is 72.2 Å². The second kappa shape index (κ2) is 7.13. The van der Waals surface area contributed by atoms with E-state index in [1.807, 2.05) is 6.92 Å². The predicted molar refractivity (Wildman–Crippen MR) is 75.7 cm³/mol. The molecule has 0 heterocycles. The van der Waals surface area contributed by atoms with Crippen LogP contribution in [0.5, 0.6) is 0 Å². The molecule has 1 rings (SSSR count). The highest BCUT2D eigenvalue weighted by molar-refractivity contribution is 7.92. The smallest absolute Gasteiger partial charge is 0.381 e. The largest absolute Gasteiger partial charge is 0.501 e. The summed E-state index contributed by atoms with van der Waals surface area (Å²) in [6, 6.07) is 4.52. The Morgan fingerprint density at radius 3 is 2.24 bits per heavy atom. The summed E-state index contributed by atoms with van der Waals surface area (Å²) < 4.78 is 59.6. The molecule has 0 amide bonds. The van der Waals surface area contributed by atoms with E-state index in [9.17, 15) is 21.6 Å². The van der Waals surface area contributed by atoms with Gasteiger partial charge in [-0.25, -0.2) is 8.42 Å². The van der Waals surface area contributed by atoms with Crippen molar-refractivity contribution in [3.63, 3.8) is 0 Å². The lowest BCUT2D eigenvalue weighted by atomic mass is 10.1. The highest BCUT2D eigenvalue weighted by Gasteiger charge is 2.46. The van der Waals surface area contributed by atoms with E-state index in [1.165, 1.54) is 12.1 Å². The van der Waals surface area contributed by atoms with Gasteiger partial charge in [-0.2, -0.15) is 13.2 Å². The Hall–Kier alpha value is -1.28. The molecule has 1 unspecified atom stereocenters. The van der Waals surface area contributed by atoms with E-state index in [-0.39, 0.29) is 6.04 Å². The number of rotatable bonds is 7. The highest BCUT2D eigenvalue weighted by atomic mass is 32.2. The SMILES string of the molecule is CCCCC(CN)Nc1ccc(S(=O)(=O)C(F)(F)F)cc1. The number of nitrogens with one attached hydrogen (secondary N) is 1. The maximum atomic E-state index is 12.4. The first-order chi connectivity index (χ1) is 9.72. The number of benzene rings is 1. The minimum atomic E-state index is -5.29. The number of sulfone groups is 1. The van der Waals surface area contributed by atoms with Crippen LogP contribution in [0.15, 0.2) is 29.2 Å².